The molecule has 1 saturated carbocycles. The van der Waals surface area contributed by atoms with Crippen LogP contribution in [0.5, 0.6) is 5.75 Å². The van der Waals surface area contributed by atoms with Gasteiger partial charge in [-0.2, -0.15) is 8.78 Å². The molecule has 0 unspecified atom stereocenters. The van der Waals surface area contributed by atoms with Gasteiger partial charge in [0.1, 0.15) is 12.4 Å². The van der Waals surface area contributed by atoms with Crippen LogP contribution in [0.1, 0.15) is 23.2 Å². The lowest BCUT2D eigenvalue weighted by Gasteiger charge is -2.06. The lowest BCUT2D eigenvalue weighted by molar-refractivity contribution is -0.0498. The summed E-state index contributed by atoms with van der Waals surface area (Å²) in [6, 6.07) is 5.73. The first kappa shape index (κ1) is 12.0. The summed E-state index contributed by atoms with van der Waals surface area (Å²) in [5.74, 6) is -0.242. The largest absolute Gasteiger partial charge is 0.435 e. The molecule has 0 bridgehead atoms. The van der Waals surface area contributed by atoms with Crippen molar-refractivity contribution in [1.82, 2.24) is 0 Å². The predicted molar refractivity (Wildman–Crippen MR) is 56.4 cm³/mol. The first-order chi connectivity index (χ1) is 8.15. The van der Waals surface area contributed by atoms with E-state index in [1.54, 1.807) is 6.07 Å². The second-order valence-electron chi connectivity index (χ2n) is 3.84. The van der Waals surface area contributed by atoms with Crippen LogP contribution in [0.3, 0.4) is 0 Å². The molecule has 0 aromatic heterocycles. The fourth-order valence-corrected chi connectivity index (χ4v) is 1.36. The topological polar surface area (TPSA) is 35.5 Å². The van der Waals surface area contributed by atoms with Crippen LogP contribution >= 0.6 is 0 Å². The van der Waals surface area contributed by atoms with Gasteiger partial charge in [0.15, 0.2) is 5.78 Å². The molecule has 0 amide bonds. The van der Waals surface area contributed by atoms with Crippen LogP contribution in [-0.2, 0) is 4.74 Å². The monoisotopic (exact) mass is 242 g/mol. The third kappa shape index (κ3) is 3.78. The molecule has 0 N–H and O–H groups in total. The Kier molecular flexibility index (Phi) is 3.68. The number of hydrogen-bond acceptors (Lipinski definition) is 3. The molecule has 1 aliphatic carbocycles. The minimum Gasteiger partial charge on any atom is -0.435 e. The van der Waals surface area contributed by atoms with Gasteiger partial charge in [-0.3, -0.25) is 4.79 Å². The number of benzene rings is 1. The number of alkyl halides is 2. The van der Waals surface area contributed by atoms with Crippen molar-refractivity contribution < 1.29 is 23.0 Å². The van der Waals surface area contributed by atoms with Gasteiger partial charge >= 0.3 is 6.61 Å². The first-order valence-corrected chi connectivity index (χ1v) is 5.35. The van der Waals surface area contributed by atoms with Crippen molar-refractivity contribution in [3.8, 4) is 5.75 Å². The normalized spacial score (nSPS) is 15.0. The second-order valence-corrected chi connectivity index (χ2v) is 3.84. The highest BCUT2D eigenvalue weighted by Crippen LogP contribution is 2.24. The molecule has 92 valence electrons. The minimum atomic E-state index is -2.89. The fourth-order valence-electron chi connectivity index (χ4n) is 1.36. The lowest BCUT2D eigenvalue weighted by atomic mass is 10.1. The number of carbonyl (C=O) groups excluding carboxylic acids is 1. The third-order valence-corrected chi connectivity index (χ3v) is 2.36. The van der Waals surface area contributed by atoms with Crippen molar-refractivity contribution in [3.63, 3.8) is 0 Å². The van der Waals surface area contributed by atoms with Gasteiger partial charge in [0, 0.05) is 5.56 Å². The molecule has 0 atom stereocenters. The zero-order valence-corrected chi connectivity index (χ0v) is 9.07. The Balaban J connectivity index is 1.95. The Morgan fingerprint density at radius 3 is 2.82 bits per heavy atom. The summed E-state index contributed by atoms with van der Waals surface area (Å²) in [5.41, 5.74) is 0.323. The summed E-state index contributed by atoms with van der Waals surface area (Å²) in [7, 11) is 0. The van der Waals surface area contributed by atoms with Crippen LogP contribution < -0.4 is 4.74 Å². The molecule has 2 rings (SSSR count). The Morgan fingerprint density at radius 1 is 1.41 bits per heavy atom. The maximum absolute atomic E-state index is 12.0. The van der Waals surface area contributed by atoms with E-state index < -0.39 is 6.61 Å². The molecule has 3 nitrogen and oxygen atoms in total. The zero-order chi connectivity index (χ0) is 12.3. The maximum Gasteiger partial charge on any atom is 0.387 e. The van der Waals surface area contributed by atoms with E-state index in [1.165, 1.54) is 18.2 Å². The highest BCUT2D eigenvalue weighted by molar-refractivity contribution is 5.97. The zero-order valence-electron chi connectivity index (χ0n) is 9.07. The minimum absolute atomic E-state index is 0.0111. The Morgan fingerprint density at radius 2 is 2.18 bits per heavy atom. The van der Waals surface area contributed by atoms with Crippen LogP contribution in [0.15, 0.2) is 24.3 Å². The first-order valence-electron chi connectivity index (χ1n) is 5.35. The highest BCUT2D eigenvalue weighted by Gasteiger charge is 2.23. The van der Waals surface area contributed by atoms with E-state index in [-0.39, 0.29) is 24.2 Å². The van der Waals surface area contributed by atoms with Crippen LogP contribution in [-0.4, -0.2) is 25.1 Å². The molecule has 1 fully saturated rings. The number of carbonyl (C=O) groups is 1. The number of rotatable bonds is 6. The number of ether oxygens (including phenoxy) is 2. The van der Waals surface area contributed by atoms with E-state index in [0.29, 0.717) is 5.56 Å². The van der Waals surface area contributed by atoms with Gasteiger partial charge in [-0.15, -0.1) is 0 Å². The van der Waals surface area contributed by atoms with Gasteiger partial charge in [0.05, 0.1) is 6.10 Å². The average Bonchev–Trinajstić information content (AvgIpc) is 3.09. The van der Waals surface area contributed by atoms with Crippen LogP contribution in [0.25, 0.3) is 0 Å². The summed E-state index contributed by atoms with van der Waals surface area (Å²) in [6.45, 7) is -2.90. The van der Waals surface area contributed by atoms with E-state index in [0.717, 1.165) is 12.8 Å². The fraction of sp³-hybridized carbons (Fsp3) is 0.417. The van der Waals surface area contributed by atoms with Gasteiger partial charge in [-0.05, 0) is 25.0 Å². The number of hydrogen-bond donors (Lipinski definition) is 0. The molecule has 0 aliphatic heterocycles. The van der Waals surface area contributed by atoms with Gasteiger partial charge in [0.25, 0.3) is 0 Å². The van der Waals surface area contributed by atoms with Crippen molar-refractivity contribution in [2.75, 3.05) is 6.61 Å². The third-order valence-electron chi connectivity index (χ3n) is 2.36. The molecule has 0 radical (unpaired) electrons. The predicted octanol–water partition coefficient (Wildman–Crippen LogP) is 2.65. The summed E-state index contributed by atoms with van der Waals surface area (Å²) in [6.07, 6.45) is 2.17. The van der Waals surface area contributed by atoms with Gasteiger partial charge < -0.3 is 9.47 Å². The molecule has 17 heavy (non-hydrogen) atoms. The SMILES string of the molecule is O=C(COC1CC1)c1cccc(OC(F)F)c1. The quantitative estimate of drug-likeness (QED) is 0.719. The average molecular weight is 242 g/mol. The second kappa shape index (κ2) is 5.23. The summed E-state index contributed by atoms with van der Waals surface area (Å²) in [4.78, 5) is 11.6. The van der Waals surface area contributed by atoms with Crippen LogP contribution in [0.4, 0.5) is 8.78 Å². The number of Topliss-reactive ketones (excluding diaryl/α,β-unsaturated/α-hetero) is 1. The number of ketones is 1. The van der Waals surface area contributed by atoms with Gasteiger partial charge in [-0.25, -0.2) is 0 Å². The molecular weight excluding hydrogens is 230 g/mol. The molecule has 0 spiro atoms. The molecule has 1 aromatic carbocycles. The number of halogens is 2. The van der Waals surface area contributed by atoms with E-state index in [9.17, 15) is 13.6 Å². The molecule has 1 aromatic rings. The Labute approximate surface area is 97.3 Å². The van der Waals surface area contributed by atoms with Crippen LogP contribution in [0, 0.1) is 0 Å². The van der Waals surface area contributed by atoms with E-state index in [4.69, 9.17) is 4.74 Å². The Hall–Kier alpha value is -1.49. The van der Waals surface area contributed by atoms with E-state index >= 15 is 0 Å². The molecule has 0 saturated heterocycles. The molecule has 5 heteroatoms. The maximum atomic E-state index is 12.0. The van der Waals surface area contributed by atoms with E-state index in [1.807, 2.05) is 0 Å². The Bertz CT molecular complexity index is 402. The van der Waals surface area contributed by atoms with Crippen molar-refractivity contribution in [2.45, 2.75) is 25.6 Å². The summed E-state index contributed by atoms with van der Waals surface area (Å²) >= 11 is 0. The summed E-state index contributed by atoms with van der Waals surface area (Å²) < 4.78 is 33.4. The van der Waals surface area contributed by atoms with E-state index in [2.05, 4.69) is 4.74 Å². The van der Waals surface area contributed by atoms with Crippen molar-refractivity contribution >= 4 is 5.78 Å². The summed E-state index contributed by atoms with van der Waals surface area (Å²) in [5, 5.41) is 0. The highest BCUT2D eigenvalue weighted by atomic mass is 19.3. The van der Waals surface area contributed by atoms with Crippen LogP contribution in [0.2, 0.25) is 0 Å². The van der Waals surface area contributed by atoms with Gasteiger partial charge in [-0.1, -0.05) is 12.1 Å². The standard InChI is InChI=1S/C12H12F2O3/c13-12(14)17-10-3-1-2-8(6-10)11(15)7-16-9-4-5-9/h1-3,6,9,12H,4-5,7H2. The van der Waals surface area contributed by atoms with Crippen molar-refractivity contribution in [3.05, 3.63) is 29.8 Å². The molecular formula is C12H12F2O3. The lowest BCUT2D eigenvalue weighted by Crippen LogP contribution is -2.10. The molecule has 0 heterocycles. The molecule has 1 aliphatic rings. The smallest absolute Gasteiger partial charge is 0.387 e. The van der Waals surface area contributed by atoms with Gasteiger partial charge in [0.2, 0.25) is 0 Å². The van der Waals surface area contributed by atoms with Crippen molar-refractivity contribution in [2.24, 2.45) is 0 Å². The van der Waals surface area contributed by atoms with Crippen molar-refractivity contribution in [1.29, 1.82) is 0 Å².